The van der Waals surface area contributed by atoms with E-state index in [2.05, 4.69) is 26.2 Å². The highest BCUT2D eigenvalue weighted by atomic mass is 79.9. The lowest BCUT2D eigenvalue weighted by Gasteiger charge is -2.07. The molecule has 2 aromatic carbocycles. The molecule has 1 amide bonds. The number of hydrogen-bond acceptors (Lipinski definition) is 4. The maximum absolute atomic E-state index is 12.2. The van der Waals surface area contributed by atoms with Crippen LogP contribution in [0, 0.1) is 18.3 Å². The maximum atomic E-state index is 12.2. The predicted molar refractivity (Wildman–Crippen MR) is 85.6 cm³/mol. The van der Waals surface area contributed by atoms with Crippen LogP contribution in [0.1, 0.15) is 21.8 Å². The lowest BCUT2D eigenvalue weighted by molar-refractivity contribution is 0.102. The summed E-state index contributed by atoms with van der Waals surface area (Å²) in [6.07, 6.45) is 0. The van der Waals surface area contributed by atoms with Crippen molar-refractivity contribution in [2.75, 3.05) is 5.32 Å². The Morgan fingerprint density at radius 1 is 1.27 bits per heavy atom. The smallest absolute Gasteiger partial charge is 0.255 e. The molecule has 3 aromatic rings. The van der Waals surface area contributed by atoms with E-state index in [0.717, 1.165) is 5.52 Å². The van der Waals surface area contributed by atoms with Gasteiger partial charge in [-0.15, -0.1) is 0 Å². The Kier molecular flexibility index (Phi) is 3.65. The van der Waals surface area contributed by atoms with E-state index in [1.807, 2.05) is 6.07 Å². The summed E-state index contributed by atoms with van der Waals surface area (Å²) in [5, 5.41) is 11.6. The van der Waals surface area contributed by atoms with E-state index >= 15 is 0 Å². The van der Waals surface area contributed by atoms with Crippen LogP contribution >= 0.6 is 15.9 Å². The maximum Gasteiger partial charge on any atom is 0.255 e. The normalized spacial score (nSPS) is 10.4. The number of carbonyl (C=O) groups excluding carboxylic acids is 1. The fourth-order valence-electron chi connectivity index (χ4n) is 2.06. The van der Waals surface area contributed by atoms with E-state index in [4.69, 9.17) is 9.68 Å². The van der Waals surface area contributed by atoms with Crippen molar-refractivity contribution < 1.29 is 9.21 Å². The van der Waals surface area contributed by atoms with Crippen LogP contribution in [0.15, 0.2) is 45.3 Å². The number of carbonyl (C=O) groups is 1. The van der Waals surface area contributed by atoms with E-state index in [-0.39, 0.29) is 5.91 Å². The van der Waals surface area contributed by atoms with Crippen molar-refractivity contribution in [1.29, 1.82) is 5.26 Å². The highest BCUT2D eigenvalue weighted by molar-refractivity contribution is 9.10. The summed E-state index contributed by atoms with van der Waals surface area (Å²) in [6, 6.07) is 12.0. The number of hydrogen-bond donors (Lipinski definition) is 1. The van der Waals surface area contributed by atoms with Gasteiger partial charge in [0, 0.05) is 12.5 Å². The molecule has 5 nitrogen and oxygen atoms in total. The molecule has 0 atom stereocenters. The van der Waals surface area contributed by atoms with E-state index in [1.54, 1.807) is 43.3 Å². The molecule has 0 aliphatic rings. The van der Waals surface area contributed by atoms with Crippen LogP contribution in [0.2, 0.25) is 0 Å². The van der Waals surface area contributed by atoms with Crippen LogP contribution in [0.5, 0.6) is 0 Å². The Bertz CT molecular complexity index is 908. The monoisotopic (exact) mass is 355 g/mol. The molecule has 6 heteroatoms. The minimum Gasteiger partial charge on any atom is -0.440 e. The fourth-order valence-corrected chi connectivity index (χ4v) is 2.57. The number of rotatable bonds is 2. The number of anilines is 1. The van der Waals surface area contributed by atoms with Gasteiger partial charge in [0.05, 0.1) is 21.8 Å². The highest BCUT2D eigenvalue weighted by Crippen LogP contribution is 2.32. The van der Waals surface area contributed by atoms with Crippen molar-refractivity contribution >= 4 is 38.6 Å². The predicted octanol–water partition coefficient (Wildman–Crippen LogP) is 4.02. The summed E-state index contributed by atoms with van der Waals surface area (Å²) in [5.41, 5.74) is 2.89. The van der Waals surface area contributed by atoms with Gasteiger partial charge in [0.25, 0.3) is 5.91 Å². The van der Waals surface area contributed by atoms with Crippen molar-refractivity contribution in [2.24, 2.45) is 0 Å². The van der Waals surface area contributed by atoms with Gasteiger partial charge in [-0.1, -0.05) is 0 Å². The molecule has 1 heterocycles. The number of fused-ring (bicyclic) bond motifs is 1. The Morgan fingerprint density at radius 3 is 2.68 bits per heavy atom. The van der Waals surface area contributed by atoms with Gasteiger partial charge in [0.2, 0.25) is 0 Å². The largest absolute Gasteiger partial charge is 0.440 e. The second kappa shape index (κ2) is 5.62. The zero-order valence-electron chi connectivity index (χ0n) is 11.6. The lowest BCUT2D eigenvalue weighted by Crippen LogP contribution is -2.12. The van der Waals surface area contributed by atoms with Crippen molar-refractivity contribution in [3.05, 3.63) is 57.9 Å². The molecule has 0 aliphatic heterocycles. The van der Waals surface area contributed by atoms with Gasteiger partial charge in [-0.25, -0.2) is 4.98 Å². The van der Waals surface area contributed by atoms with E-state index < -0.39 is 0 Å². The van der Waals surface area contributed by atoms with Crippen molar-refractivity contribution in [3.63, 3.8) is 0 Å². The van der Waals surface area contributed by atoms with Crippen LogP contribution in [0.3, 0.4) is 0 Å². The molecular weight excluding hydrogens is 346 g/mol. The number of aromatic nitrogens is 1. The first-order chi connectivity index (χ1) is 10.6. The Balaban J connectivity index is 1.90. The molecule has 1 N–H and O–H groups in total. The van der Waals surface area contributed by atoms with Gasteiger partial charge in [0.15, 0.2) is 11.5 Å². The quantitative estimate of drug-likeness (QED) is 0.752. The SMILES string of the molecule is Cc1nc2ccc(NC(=O)c3ccc(C#N)cc3)c(Br)c2o1. The topological polar surface area (TPSA) is 78.9 Å². The summed E-state index contributed by atoms with van der Waals surface area (Å²) in [7, 11) is 0. The van der Waals surface area contributed by atoms with Crippen molar-refractivity contribution in [1.82, 2.24) is 4.98 Å². The second-order valence-corrected chi connectivity index (χ2v) is 5.44. The highest BCUT2D eigenvalue weighted by Gasteiger charge is 2.13. The molecule has 0 spiro atoms. The number of aryl methyl sites for hydroxylation is 1. The number of amides is 1. The summed E-state index contributed by atoms with van der Waals surface area (Å²) in [4.78, 5) is 16.5. The Hall–Kier alpha value is -2.65. The molecule has 0 radical (unpaired) electrons. The number of oxazole rings is 1. The lowest BCUT2D eigenvalue weighted by atomic mass is 10.1. The molecule has 1 aromatic heterocycles. The number of nitrogens with one attached hydrogen (secondary N) is 1. The van der Waals surface area contributed by atoms with Gasteiger partial charge < -0.3 is 9.73 Å². The Morgan fingerprint density at radius 2 is 2.00 bits per heavy atom. The van der Waals surface area contributed by atoms with Gasteiger partial charge in [-0.3, -0.25) is 4.79 Å². The molecule has 3 rings (SSSR count). The van der Waals surface area contributed by atoms with Gasteiger partial charge in [-0.2, -0.15) is 5.26 Å². The first-order valence-electron chi connectivity index (χ1n) is 6.45. The van der Waals surface area contributed by atoms with E-state index in [0.29, 0.717) is 32.8 Å². The van der Waals surface area contributed by atoms with Crippen LogP contribution in [-0.4, -0.2) is 10.9 Å². The standard InChI is InChI=1S/C16H10BrN3O2/c1-9-19-13-7-6-12(14(17)15(13)22-9)20-16(21)11-4-2-10(8-18)3-5-11/h2-7H,1H3,(H,20,21). The third-order valence-corrected chi connectivity index (χ3v) is 3.92. The van der Waals surface area contributed by atoms with Gasteiger partial charge in [-0.05, 0) is 52.3 Å². The molecule has 0 bridgehead atoms. The minimum atomic E-state index is -0.263. The summed E-state index contributed by atoms with van der Waals surface area (Å²) < 4.78 is 6.16. The van der Waals surface area contributed by atoms with Crippen molar-refractivity contribution in [2.45, 2.75) is 6.92 Å². The van der Waals surface area contributed by atoms with Crippen LogP contribution in [-0.2, 0) is 0 Å². The summed E-state index contributed by atoms with van der Waals surface area (Å²) in [6.45, 7) is 1.77. The van der Waals surface area contributed by atoms with Gasteiger partial charge >= 0.3 is 0 Å². The number of halogens is 1. The third kappa shape index (κ3) is 2.59. The zero-order valence-corrected chi connectivity index (χ0v) is 13.1. The molecule has 108 valence electrons. The fraction of sp³-hybridized carbons (Fsp3) is 0.0625. The Labute approximate surface area is 134 Å². The van der Waals surface area contributed by atoms with Crippen LogP contribution in [0.4, 0.5) is 5.69 Å². The average Bonchev–Trinajstić information content (AvgIpc) is 2.91. The summed E-state index contributed by atoms with van der Waals surface area (Å²) in [5.74, 6) is 0.298. The third-order valence-electron chi connectivity index (χ3n) is 3.13. The molecule has 0 saturated carbocycles. The number of benzene rings is 2. The first-order valence-corrected chi connectivity index (χ1v) is 7.25. The minimum absolute atomic E-state index is 0.263. The first kappa shape index (κ1) is 14.3. The van der Waals surface area contributed by atoms with Gasteiger partial charge in [0.1, 0.15) is 5.52 Å². The van der Waals surface area contributed by atoms with Crippen LogP contribution < -0.4 is 5.32 Å². The molecule has 22 heavy (non-hydrogen) atoms. The molecule has 0 unspecified atom stereocenters. The molecule has 0 saturated heterocycles. The number of nitrogens with zero attached hydrogens (tertiary/aromatic N) is 2. The molecule has 0 fully saturated rings. The second-order valence-electron chi connectivity index (χ2n) is 4.65. The van der Waals surface area contributed by atoms with E-state index in [9.17, 15) is 4.79 Å². The summed E-state index contributed by atoms with van der Waals surface area (Å²) >= 11 is 3.43. The average molecular weight is 356 g/mol. The molecule has 0 aliphatic carbocycles. The molecular formula is C16H10BrN3O2. The number of nitriles is 1. The van der Waals surface area contributed by atoms with Crippen LogP contribution in [0.25, 0.3) is 11.1 Å². The zero-order chi connectivity index (χ0) is 15.7. The van der Waals surface area contributed by atoms with Crippen molar-refractivity contribution in [3.8, 4) is 6.07 Å². The van der Waals surface area contributed by atoms with E-state index in [1.165, 1.54) is 0 Å².